The van der Waals surface area contributed by atoms with Crippen molar-refractivity contribution in [2.45, 2.75) is 13.3 Å². The molecule has 0 saturated heterocycles. The molecule has 0 aliphatic rings. The molecule has 0 aromatic carbocycles. The van der Waals surface area contributed by atoms with E-state index in [-0.39, 0.29) is 63.7 Å². The maximum absolute atomic E-state index is 10.1. The molecule has 1 heterocycles. The molecule has 0 aliphatic heterocycles. The Morgan fingerprint density at radius 1 is 1.64 bits per heavy atom. The van der Waals surface area contributed by atoms with E-state index in [0.717, 1.165) is 0 Å². The molecule has 6 heteroatoms. The largest absolute Gasteiger partial charge is 0.481 e. The van der Waals surface area contributed by atoms with Gasteiger partial charge in [-0.3, -0.25) is 4.79 Å². The van der Waals surface area contributed by atoms with Crippen molar-refractivity contribution in [3.63, 3.8) is 0 Å². The minimum atomic E-state index is -0.969. The van der Waals surface area contributed by atoms with Crippen LogP contribution in [0, 0.1) is 6.92 Å². The molecule has 1 aromatic rings. The van der Waals surface area contributed by atoms with Crippen LogP contribution in [0.1, 0.15) is 11.8 Å². The average Bonchev–Trinajstić information content (AvgIpc) is 2.13. The Balaban J connectivity index is 0.000001000. The van der Waals surface area contributed by atoms with Crippen LogP contribution >= 0.6 is 0 Å². The minimum absolute atomic E-state index is 0. The van der Waals surface area contributed by atoms with Crippen LogP contribution in [0.2, 0.25) is 0 Å². The Morgan fingerprint density at radius 3 is 2.64 bits per heavy atom. The summed E-state index contributed by atoms with van der Waals surface area (Å²) < 4.78 is 4.79. The van der Waals surface area contributed by atoms with Gasteiger partial charge in [-0.15, -0.1) is 10.2 Å². The molecule has 0 fully saturated rings. The van der Waals surface area contributed by atoms with E-state index in [4.69, 9.17) is 9.52 Å². The molecule has 5 nitrogen and oxygen atoms in total. The van der Waals surface area contributed by atoms with Gasteiger partial charge in [0.25, 0.3) is 0 Å². The normalized spacial score (nSPS) is 8.82. The van der Waals surface area contributed by atoms with Crippen molar-refractivity contribution in [1.29, 1.82) is 0 Å². The summed E-state index contributed by atoms with van der Waals surface area (Å²) in [7, 11) is 0. The molecular weight excluding hydrogens is 175 g/mol. The molecule has 55 valence electrons. The second-order valence-corrected chi connectivity index (χ2v) is 1.79. The van der Waals surface area contributed by atoms with Crippen molar-refractivity contribution in [1.82, 2.24) is 10.2 Å². The molecule has 0 unspecified atom stereocenters. The van der Waals surface area contributed by atoms with Crippen LogP contribution in [0.4, 0.5) is 0 Å². The Bertz CT molecular complexity index is 248. The van der Waals surface area contributed by atoms with E-state index in [1.54, 1.807) is 6.92 Å². The number of carboxylic acids is 1. The van der Waals surface area contributed by atoms with Crippen LogP contribution in [-0.2, 0) is 11.2 Å². The first-order valence-corrected chi connectivity index (χ1v) is 2.69. The minimum Gasteiger partial charge on any atom is -0.481 e. The van der Waals surface area contributed by atoms with Crippen LogP contribution in [-0.4, -0.2) is 72.7 Å². The number of rotatable bonds is 2. The SMILES string of the molecule is Cc1nnc(CC(=O)O)o1.[K]. The summed E-state index contributed by atoms with van der Waals surface area (Å²) in [4.78, 5) is 10.1. The summed E-state index contributed by atoms with van der Waals surface area (Å²) in [5, 5.41) is 15.2. The Labute approximate surface area is 106 Å². The summed E-state index contributed by atoms with van der Waals surface area (Å²) in [6.45, 7) is 1.61. The average molecular weight is 181 g/mol. The van der Waals surface area contributed by atoms with Crippen LogP contribution < -0.4 is 0 Å². The van der Waals surface area contributed by atoms with Crippen LogP contribution in [0.25, 0.3) is 0 Å². The Hall–Kier alpha value is 0.246. The topological polar surface area (TPSA) is 76.2 Å². The summed E-state index contributed by atoms with van der Waals surface area (Å²) >= 11 is 0. The van der Waals surface area contributed by atoms with Gasteiger partial charge < -0.3 is 9.52 Å². The van der Waals surface area contributed by atoms with Crippen molar-refractivity contribution < 1.29 is 14.3 Å². The quantitative estimate of drug-likeness (QED) is 0.629. The van der Waals surface area contributed by atoms with Crippen LogP contribution in [0.3, 0.4) is 0 Å². The molecular formula is C5H6KN2O3. The van der Waals surface area contributed by atoms with Gasteiger partial charge in [-0.1, -0.05) is 0 Å². The van der Waals surface area contributed by atoms with E-state index < -0.39 is 5.97 Å². The second kappa shape index (κ2) is 4.99. The predicted octanol–water partition coefficient (Wildman–Crippen LogP) is -0.376. The van der Waals surface area contributed by atoms with Crippen molar-refractivity contribution in [2.75, 3.05) is 0 Å². The maximum Gasteiger partial charge on any atom is 0.312 e. The molecule has 0 saturated carbocycles. The van der Waals surface area contributed by atoms with E-state index in [2.05, 4.69) is 10.2 Å². The monoisotopic (exact) mass is 181 g/mol. The number of aryl methyl sites for hydroxylation is 1. The van der Waals surface area contributed by atoms with Gasteiger partial charge in [0.15, 0.2) is 0 Å². The fraction of sp³-hybridized carbons (Fsp3) is 0.400. The molecule has 1 N–H and O–H groups in total. The molecule has 0 atom stereocenters. The number of carboxylic acid groups (broad SMARTS) is 1. The third-order valence-electron chi connectivity index (χ3n) is 0.870. The van der Waals surface area contributed by atoms with Crippen molar-refractivity contribution >= 4 is 57.4 Å². The molecule has 1 aromatic heterocycles. The van der Waals surface area contributed by atoms with Gasteiger partial charge in [-0.2, -0.15) is 0 Å². The van der Waals surface area contributed by atoms with Crippen molar-refractivity contribution in [2.24, 2.45) is 0 Å². The van der Waals surface area contributed by atoms with Crippen molar-refractivity contribution in [3.05, 3.63) is 11.8 Å². The standard InChI is InChI=1S/C5H6N2O3.K/c1-3-6-7-4(10-3)2-5(8)9;/h2H2,1H3,(H,8,9);. The van der Waals surface area contributed by atoms with E-state index >= 15 is 0 Å². The smallest absolute Gasteiger partial charge is 0.312 e. The number of hydrogen-bond acceptors (Lipinski definition) is 4. The number of aromatic nitrogens is 2. The van der Waals surface area contributed by atoms with Crippen LogP contribution in [0.5, 0.6) is 0 Å². The summed E-state index contributed by atoms with van der Waals surface area (Å²) in [6, 6.07) is 0. The first-order valence-electron chi connectivity index (χ1n) is 2.69. The maximum atomic E-state index is 10.1. The van der Waals surface area contributed by atoms with Gasteiger partial charge in [0, 0.05) is 58.3 Å². The fourth-order valence-corrected chi connectivity index (χ4v) is 0.538. The molecule has 0 aliphatic carbocycles. The molecule has 11 heavy (non-hydrogen) atoms. The fourth-order valence-electron chi connectivity index (χ4n) is 0.538. The summed E-state index contributed by atoms with van der Waals surface area (Å²) in [5.74, 6) is -0.440. The first-order chi connectivity index (χ1) is 4.68. The van der Waals surface area contributed by atoms with Gasteiger partial charge >= 0.3 is 5.97 Å². The second-order valence-electron chi connectivity index (χ2n) is 1.79. The van der Waals surface area contributed by atoms with E-state index in [9.17, 15) is 4.79 Å². The Kier molecular flexibility index (Phi) is 5.10. The zero-order valence-corrected chi connectivity index (χ0v) is 9.49. The van der Waals surface area contributed by atoms with E-state index in [1.165, 1.54) is 0 Å². The Morgan fingerprint density at radius 2 is 2.27 bits per heavy atom. The van der Waals surface area contributed by atoms with E-state index in [1.807, 2.05) is 0 Å². The van der Waals surface area contributed by atoms with Crippen LogP contribution in [0.15, 0.2) is 4.42 Å². The summed E-state index contributed by atoms with van der Waals surface area (Å²) in [6.07, 6.45) is -0.208. The zero-order chi connectivity index (χ0) is 7.56. The van der Waals surface area contributed by atoms with Gasteiger partial charge in [-0.25, -0.2) is 0 Å². The zero-order valence-electron chi connectivity index (χ0n) is 6.37. The van der Waals surface area contributed by atoms with Gasteiger partial charge in [0.05, 0.1) is 0 Å². The third kappa shape index (κ3) is 3.97. The third-order valence-corrected chi connectivity index (χ3v) is 0.870. The summed E-state index contributed by atoms with van der Waals surface area (Å²) in [5.41, 5.74) is 0. The molecule has 1 rings (SSSR count). The van der Waals surface area contributed by atoms with Gasteiger partial charge in [-0.05, 0) is 0 Å². The molecule has 0 spiro atoms. The molecule has 1 radical (unpaired) electrons. The number of hydrogen-bond donors (Lipinski definition) is 1. The predicted molar refractivity (Wildman–Crippen MR) is 36.1 cm³/mol. The number of carbonyl (C=O) groups is 1. The number of aliphatic carboxylic acids is 1. The van der Waals surface area contributed by atoms with Gasteiger partial charge in [0.1, 0.15) is 6.42 Å². The van der Waals surface area contributed by atoms with Crippen molar-refractivity contribution in [3.8, 4) is 0 Å². The molecule has 0 amide bonds. The van der Waals surface area contributed by atoms with E-state index in [0.29, 0.717) is 5.89 Å². The van der Waals surface area contributed by atoms with Gasteiger partial charge in [0.2, 0.25) is 11.8 Å². The molecule has 0 bridgehead atoms. The number of nitrogens with zero attached hydrogens (tertiary/aromatic N) is 2. The first kappa shape index (κ1) is 11.2.